The number of carbonyl (C=O) groups excluding carboxylic acids is 1. The Kier molecular flexibility index (Phi) is 5.48. The molecule has 6 heteroatoms. The van der Waals surface area contributed by atoms with Crippen LogP contribution in [0.5, 0.6) is 0 Å². The Hall–Kier alpha value is -1.92. The zero-order chi connectivity index (χ0) is 16.9. The number of amides is 2. The first-order valence-corrected chi connectivity index (χ1v) is 9.23. The lowest BCUT2D eigenvalue weighted by Crippen LogP contribution is -2.35. The number of benzene rings is 1. The molecule has 1 saturated carbocycles. The maximum Gasteiger partial charge on any atom is 0.319 e. The lowest BCUT2D eigenvalue weighted by Gasteiger charge is -2.25. The van der Waals surface area contributed by atoms with Crippen LogP contribution in [0.4, 0.5) is 10.5 Å². The summed E-state index contributed by atoms with van der Waals surface area (Å²) in [6, 6.07) is 7.48. The average molecular weight is 345 g/mol. The van der Waals surface area contributed by atoms with Crippen molar-refractivity contribution in [1.29, 1.82) is 0 Å². The van der Waals surface area contributed by atoms with Crippen LogP contribution < -0.4 is 10.6 Å². The molecule has 1 aliphatic carbocycles. The van der Waals surface area contributed by atoms with Crippen LogP contribution in [-0.4, -0.2) is 28.8 Å². The summed E-state index contributed by atoms with van der Waals surface area (Å²) in [5.74, 6) is 0.370. The minimum absolute atomic E-state index is 0.202. The predicted octanol–water partition coefficient (Wildman–Crippen LogP) is 3.79. The van der Waals surface area contributed by atoms with Gasteiger partial charge in [-0.3, -0.25) is 0 Å². The van der Waals surface area contributed by atoms with Gasteiger partial charge in [0.25, 0.3) is 0 Å². The van der Waals surface area contributed by atoms with Crippen molar-refractivity contribution in [1.82, 2.24) is 10.3 Å². The van der Waals surface area contributed by atoms with E-state index in [9.17, 15) is 9.90 Å². The van der Waals surface area contributed by atoms with Crippen molar-refractivity contribution in [3.05, 3.63) is 34.7 Å². The van der Waals surface area contributed by atoms with Gasteiger partial charge in [0.15, 0.2) is 0 Å². The van der Waals surface area contributed by atoms with E-state index in [1.807, 2.05) is 36.6 Å². The van der Waals surface area contributed by atoms with Crippen molar-refractivity contribution in [3.63, 3.8) is 0 Å². The molecule has 0 bridgehead atoms. The Bertz CT molecular complexity index is 684. The molecule has 3 rings (SSSR count). The van der Waals surface area contributed by atoms with Crippen molar-refractivity contribution in [2.45, 2.75) is 38.7 Å². The van der Waals surface area contributed by atoms with Gasteiger partial charge in [-0.1, -0.05) is 18.6 Å². The Morgan fingerprint density at radius 2 is 2.12 bits per heavy atom. The van der Waals surface area contributed by atoms with Gasteiger partial charge in [0, 0.05) is 23.2 Å². The Balaban J connectivity index is 1.49. The first-order valence-electron chi connectivity index (χ1n) is 8.35. The van der Waals surface area contributed by atoms with E-state index in [1.54, 1.807) is 11.3 Å². The Labute approximate surface area is 146 Å². The average Bonchev–Trinajstić information content (AvgIpc) is 3.00. The van der Waals surface area contributed by atoms with E-state index >= 15 is 0 Å². The molecule has 2 atom stereocenters. The normalized spacial score (nSPS) is 20.6. The smallest absolute Gasteiger partial charge is 0.319 e. The highest BCUT2D eigenvalue weighted by molar-refractivity contribution is 7.09. The van der Waals surface area contributed by atoms with E-state index < -0.39 is 0 Å². The molecular weight excluding hydrogens is 322 g/mol. The van der Waals surface area contributed by atoms with Gasteiger partial charge in [-0.05, 0) is 44.2 Å². The van der Waals surface area contributed by atoms with Gasteiger partial charge in [-0.15, -0.1) is 11.3 Å². The molecular formula is C18H23N3O2S. The second-order valence-corrected chi connectivity index (χ2v) is 7.41. The van der Waals surface area contributed by atoms with Crippen molar-refractivity contribution >= 4 is 23.1 Å². The quantitative estimate of drug-likeness (QED) is 0.789. The first kappa shape index (κ1) is 16.9. The van der Waals surface area contributed by atoms with Gasteiger partial charge in [-0.2, -0.15) is 0 Å². The topological polar surface area (TPSA) is 74.2 Å². The number of rotatable bonds is 4. The molecule has 1 aromatic carbocycles. The van der Waals surface area contributed by atoms with Crippen LogP contribution >= 0.6 is 11.3 Å². The van der Waals surface area contributed by atoms with Gasteiger partial charge >= 0.3 is 6.03 Å². The van der Waals surface area contributed by atoms with E-state index in [1.165, 1.54) is 0 Å². The molecule has 0 spiro atoms. The predicted molar refractivity (Wildman–Crippen MR) is 97.3 cm³/mol. The molecule has 1 fully saturated rings. The number of aryl methyl sites for hydroxylation is 1. The molecule has 5 nitrogen and oxygen atoms in total. The highest BCUT2D eigenvalue weighted by Gasteiger charge is 2.20. The first-order chi connectivity index (χ1) is 11.6. The Morgan fingerprint density at radius 3 is 2.79 bits per heavy atom. The molecule has 128 valence electrons. The highest BCUT2D eigenvalue weighted by atomic mass is 32.1. The summed E-state index contributed by atoms with van der Waals surface area (Å²) in [7, 11) is 0. The highest BCUT2D eigenvalue weighted by Crippen LogP contribution is 2.24. The standard InChI is InChI=1S/C18H23N3O2S/c1-12-20-17(11-24-12)14-5-7-15(8-6-14)21-18(23)19-10-13-3-2-4-16(22)9-13/h5-8,11,13,16,22H,2-4,9-10H2,1H3,(H2,19,21,23). The molecule has 2 amide bonds. The number of anilines is 1. The minimum atomic E-state index is -0.212. The summed E-state index contributed by atoms with van der Waals surface area (Å²) in [4.78, 5) is 16.5. The maximum absolute atomic E-state index is 12.0. The minimum Gasteiger partial charge on any atom is -0.393 e. The van der Waals surface area contributed by atoms with Crippen molar-refractivity contribution in [2.24, 2.45) is 5.92 Å². The van der Waals surface area contributed by atoms with Gasteiger partial charge in [-0.25, -0.2) is 9.78 Å². The molecule has 2 unspecified atom stereocenters. The van der Waals surface area contributed by atoms with Crippen molar-refractivity contribution in [2.75, 3.05) is 11.9 Å². The fourth-order valence-corrected chi connectivity index (χ4v) is 3.70. The Morgan fingerprint density at radius 1 is 1.33 bits per heavy atom. The number of hydrogen-bond donors (Lipinski definition) is 3. The van der Waals surface area contributed by atoms with E-state index in [4.69, 9.17) is 0 Å². The van der Waals surface area contributed by atoms with Crippen LogP contribution in [0.15, 0.2) is 29.6 Å². The molecule has 1 aliphatic rings. The summed E-state index contributed by atoms with van der Waals surface area (Å²) in [6.07, 6.45) is 3.55. The second kappa shape index (κ2) is 7.77. The summed E-state index contributed by atoms with van der Waals surface area (Å²) < 4.78 is 0. The van der Waals surface area contributed by atoms with Crippen LogP contribution in [-0.2, 0) is 0 Å². The third-order valence-electron chi connectivity index (χ3n) is 4.36. The zero-order valence-corrected chi connectivity index (χ0v) is 14.6. The number of aliphatic hydroxyl groups excluding tert-OH is 1. The lowest BCUT2D eigenvalue weighted by atomic mass is 9.87. The maximum atomic E-state index is 12.0. The summed E-state index contributed by atoms with van der Waals surface area (Å²) in [5.41, 5.74) is 2.76. The molecule has 0 saturated heterocycles. The summed E-state index contributed by atoms with van der Waals surface area (Å²) in [6.45, 7) is 2.60. The fourth-order valence-electron chi connectivity index (χ4n) is 3.08. The number of carbonyl (C=O) groups is 1. The molecule has 0 radical (unpaired) electrons. The second-order valence-electron chi connectivity index (χ2n) is 6.35. The lowest BCUT2D eigenvalue weighted by molar-refractivity contribution is 0.101. The third kappa shape index (κ3) is 4.55. The van der Waals surface area contributed by atoms with Gasteiger partial charge in [0.05, 0.1) is 16.8 Å². The number of thiazole rings is 1. The van der Waals surface area contributed by atoms with E-state index in [0.717, 1.165) is 47.6 Å². The van der Waals surface area contributed by atoms with Crippen molar-refractivity contribution in [3.8, 4) is 11.3 Å². The molecule has 2 aromatic rings. The van der Waals surface area contributed by atoms with Crippen LogP contribution in [0, 0.1) is 12.8 Å². The number of nitrogens with zero attached hydrogens (tertiary/aromatic N) is 1. The molecule has 24 heavy (non-hydrogen) atoms. The summed E-state index contributed by atoms with van der Waals surface area (Å²) in [5, 5.41) is 18.5. The molecule has 1 heterocycles. The number of aliphatic hydroxyl groups is 1. The van der Waals surface area contributed by atoms with Crippen LogP contribution in [0.2, 0.25) is 0 Å². The number of urea groups is 1. The fraction of sp³-hybridized carbons (Fsp3) is 0.444. The monoisotopic (exact) mass is 345 g/mol. The van der Waals surface area contributed by atoms with E-state index in [2.05, 4.69) is 15.6 Å². The van der Waals surface area contributed by atoms with Crippen LogP contribution in [0.25, 0.3) is 11.3 Å². The van der Waals surface area contributed by atoms with E-state index in [-0.39, 0.29) is 12.1 Å². The third-order valence-corrected chi connectivity index (χ3v) is 5.14. The SMILES string of the molecule is Cc1nc(-c2ccc(NC(=O)NCC3CCCC(O)C3)cc2)cs1. The molecule has 1 aromatic heterocycles. The summed E-state index contributed by atoms with van der Waals surface area (Å²) >= 11 is 1.63. The van der Waals surface area contributed by atoms with Gasteiger partial charge in [0.1, 0.15) is 0 Å². The number of hydrogen-bond acceptors (Lipinski definition) is 4. The van der Waals surface area contributed by atoms with E-state index in [0.29, 0.717) is 12.5 Å². The van der Waals surface area contributed by atoms with Gasteiger partial charge < -0.3 is 15.7 Å². The number of aromatic nitrogens is 1. The number of nitrogens with one attached hydrogen (secondary N) is 2. The van der Waals surface area contributed by atoms with Crippen LogP contribution in [0.3, 0.4) is 0 Å². The zero-order valence-electron chi connectivity index (χ0n) is 13.8. The largest absolute Gasteiger partial charge is 0.393 e. The van der Waals surface area contributed by atoms with Crippen molar-refractivity contribution < 1.29 is 9.90 Å². The molecule has 0 aliphatic heterocycles. The van der Waals surface area contributed by atoms with Gasteiger partial charge in [0.2, 0.25) is 0 Å². The van der Waals surface area contributed by atoms with Crippen LogP contribution in [0.1, 0.15) is 30.7 Å². The molecule has 3 N–H and O–H groups in total.